The Bertz CT molecular complexity index is 1360. The second-order valence-corrected chi connectivity index (χ2v) is 7.63. The van der Waals surface area contributed by atoms with Gasteiger partial charge in [0.05, 0.1) is 23.0 Å². The molecule has 0 bridgehead atoms. The third kappa shape index (κ3) is 4.78. The van der Waals surface area contributed by atoms with Gasteiger partial charge in [0.2, 0.25) is 5.60 Å². The first-order valence-electron chi connectivity index (χ1n) is 9.82. The second kappa shape index (κ2) is 8.52. The van der Waals surface area contributed by atoms with Crippen LogP contribution in [0.4, 0.5) is 35.1 Å². The monoisotopic (exact) mass is 502 g/mol. The lowest BCUT2D eigenvalue weighted by Crippen LogP contribution is -2.47. The number of nitrogens with zero attached hydrogens (tertiary/aromatic N) is 2. The fraction of sp³-hybridized carbons (Fsp3) is 0.174. The molecule has 1 aromatic heterocycles. The molecule has 0 saturated carbocycles. The summed E-state index contributed by atoms with van der Waals surface area (Å²) >= 11 is 0. The molecular formula is C23H14F8N2O2. The summed E-state index contributed by atoms with van der Waals surface area (Å²) in [4.78, 5) is 0. The minimum Gasteiger partial charge on any atom is -0.490 e. The van der Waals surface area contributed by atoms with Gasteiger partial charge in [-0.2, -0.15) is 31.4 Å². The number of rotatable bonds is 5. The molecule has 3 aromatic carbocycles. The van der Waals surface area contributed by atoms with Crippen LogP contribution in [0.5, 0.6) is 5.75 Å². The lowest BCUT2D eigenvalue weighted by molar-refractivity contribution is -0.275. The molecule has 4 aromatic rings. The van der Waals surface area contributed by atoms with Crippen molar-refractivity contribution in [2.75, 3.05) is 6.61 Å². The lowest BCUT2D eigenvalue weighted by Gasteiger charge is -2.31. The van der Waals surface area contributed by atoms with Gasteiger partial charge >= 0.3 is 12.4 Å². The zero-order chi connectivity index (χ0) is 25.6. The van der Waals surface area contributed by atoms with Crippen LogP contribution in [-0.2, 0) is 11.8 Å². The van der Waals surface area contributed by atoms with Crippen molar-refractivity contribution in [1.82, 2.24) is 9.78 Å². The summed E-state index contributed by atoms with van der Waals surface area (Å²) in [7, 11) is 0. The van der Waals surface area contributed by atoms with E-state index in [9.17, 15) is 40.2 Å². The van der Waals surface area contributed by atoms with Gasteiger partial charge in [0.15, 0.2) is 0 Å². The molecule has 4 nitrogen and oxygen atoms in total. The molecule has 0 aliphatic rings. The summed E-state index contributed by atoms with van der Waals surface area (Å²) in [5.41, 5.74) is -5.02. The molecule has 0 spiro atoms. The number of alkyl halides is 6. The fourth-order valence-electron chi connectivity index (χ4n) is 3.40. The van der Waals surface area contributed by atoms with Crippen molar-refractivity contribution in [3.63, 3.8) is 0 Å². The van der Waals surface area contributed by atoms with Crippen molar-refractivity contribution in [3.05, 3.63) is 89.6 Å². The van der Waals surface area contributed by atoms with Crippen LogP contribution in [0.25, 0.3) is 16.6 Å². The predicted molar refractivity (Wildman–Crippen MR) is 108 cm³/mol. The molecule has 0 fully saturated rings. The van der Waals surface area contributed by atoms with E-state index in [1.54, 1.807) is 0 Å². The van der Waals surface area contributed by atoms with Crippen molar-refractivity contribution in [2.45, 2.75) is 18.0 Å². The first-order chi connectivity index (χ1) is 16.3. The number of benzene rings is 3. The number of halogens is 8. The van der Waals surface area contributed by atoms with Gasteiger partial charge in [0.1, 0.15) is 24.0 Å². The predicted octanol–water partition coefficient (Wildman–Crippen LogP) is 6.15. The van der Waals surface area contributed by atoms with Crippen LogP contribution in [0, 0.1) is 11.6 Å². The van der Waals surface area contributed by atoms with Gasteiger partial charge in [-0.05, 0) is 54.1 Å². The highest BCUT2D eigenvalue weighted by Gasteiger charge is 2.56. The van der Waals surface area contributed by atoms with E-state index in [0.717, 1.165) is 12.1 Å². The Morgan fingerprint density at radius 2 is 1.49 bits per heavy atom. The summed E-state index contributed by atoms with van der Waals surface area (Å²) in [5.74, 6) is -2.71. The van der Waals surface area contributed by atoms with Gasteiger partial charge in [-0.15, -0.1) is 0 Å². The lowest BCUT2D eigenvalue weighted by atomic mass is 9.93. The quantitative estimate of drug-likeness (QED) is 0.333. The topological polar surface area (TPSA) is 47.3 Å². The number of ether oxygens (including phenoxy) is 1. The third-order valence-corrected chi connectivity index (χ3v) is 5.23. The van der Waals surface area contributed by atoms with Crippen molar-refractivity contribution in [2.24, 2.45) is 0 Å². The molecule has 0 aliphatic heterocycles. The molecule has 4 rings (SSSR count). The summed E-state index contributed by atoms with van der Waals surface area (Å²) in [6.07, 6.45) is -9.05. The van der Waals surface area contributed by atoms with Gasteiger partial charge in [0.25, 0.3) is 0 Å². The molecule has 1 atom stereocenters. The van der Waals surface area contributed by atoms with E-state index in [1.807, 2.05) is 0 Å². The molecular weight excluding hydrogens is 488 g/mol. The second-order valence-electron chi connectivity index (χ2n) is 7.63. The summed E-state index contributed by atoms with van der Waals surface area (Å²) in [6.45, 7) is -1.55. The first-order valence-corrected chi connectivity index (χ1v) is 9.82. The number of hydrogen-bond acceptors (Lipinski definition) is 3. The maximum atomic E-state index is 13.9. The van der Waals surface area contributed by atoms with Gasteiger partial charge in [-0.3, -0.25) is 0 Å². The van der Waals surface area contributed by atoms with E-state index in [4.69, 9.17) is 4.74 Å². The van der Waals surface area contributed by atoms with Gasteiger partial charge in [-0.25, -0.2) is 13.5 Å². The van der Waals surface area contributed by atoms with Crippen molar-refractivity contribution in [1.29, 1.82) is 0 Å². The number of fused-ring (bicyclic) bond motifs is 1. The maximum absolute atomic E-state index is 13.9. The van der Waals surface area contributed by atoms with Crippen molar-refractivity contribution in [3.8, 4) is 11.4 Å². The Hall–Kier alpha value is -3.67. The molecule has 0 saturated heterocycles. The molecule has 184 valence electrons. The van der Waals surface area contributed by atoms with Gasteiger partial charge in [0, 0.05) is 11.5 Å². The molecule has 1 N–H and O–H groups in total. The van der Waals surface area contributed by atoms with Crippen LogP contribution < -0.4 is 4.74 Å². The Labute approximate surface area is 192 Å². The molecule has 1 unspecified atom stereocenters. The minimum absolute atomic E-state index is 0.162. The zero-order valence-corrected chi connectivity index (χ0v) is 17.3. The zero-order valence-electron chi connectivity index (χ0n) is 17.3. The van der Waals surface area contributed by atoms with E-state index in [-0.39, 0.29) is 11.5 Å². The standard InChI is InChI=1S/C23H14F8N2O2/c24-16-2-4-18(5-3-16)33-20-6-1-14(7-13(20)11-32-33)21(34,23(29,30)31)12-35-19-9-15(22(26,27)28)8-17(25)10-19/h1-11,34H,12H2. The highest BCUT2D eigenvalue weighted by Crippen LogP contribution is 2.41. The molecule has 12 heteroatoms. The normalized spacial score (nSPS) is 14.2. The summed E-state index contributed by atoms with van der Waals surface area (Å²) in [6, 6.07) is 9.31. The molecule has 0 radical (unpaired) electrons. The Balaban J connectivity index is 1.68. The van der Waals surface area contributed by atoms with Crippen LogP contribution in [-0.4, -0.2) is 27.7 Å². The average Bonchev–Trinajstić information content (AvgIpc) is 3.19. The fourth-order valence-corrected chi connectivity index (χ4v) is 3.40. The van der Waals surface area contributed by atoms with E-state index in [1.165, 1.54) is 41.2 Å². The number of aromatic nitrogens is 2. The number of aliphatic hydroxyl groups is 1. The Kier molecular flexibility index (Phi) is 5.95. The maximum Gasteiger partial charge on any atom is 0.424 e. The van der Waals surface area contributed by atoms with Gasteiger partial charge in [-0.1, -0.05) is 6.07 Å². The highest BCUT2D eigenvalue weighted by atomic mass is 19.4. The highest BCUT2D eigenvalue weighted by molar-refractivity contribution is 5.81. The van der Waals surface area contributed by atoms with Crippen molar-refractivity contribution < 1.29 is 45.0 Å². The third-order valence-electron chi connectivity index (χ3n) is 5.23. The largest absolute Gasteiger partial charge is 0.490 e. The average molecular weight is 502 g/mol. The Morgan fingerprint density at radius 1 is 0.800 bits per heavy atom. The Morgan fingerprint density at radius 3 is 2.11 bits per heavy atom. The smallest absolute Gasteiger partial charge is 0.424 e. The number of hydrogen-bond donors (Lipinski definition) is 1. The molecule has 0 aliphatic carbocycles. The SMILES string of the molecule is OC(COc1cc(F)cc(C(F)(F)F)c1)(c1ccc2c(cnn2-c2ccc(F)cc2)c1)C(F)(F)F. The minimum atomic E-state index is -5.31. The van der Waals surface area contributed by atoms with Gasteiger partial charge < -0.3 is 9.84 Å². The molecule has 35 heavy (non-hydrogen) atoms. The molecule has 1 heterocycles. The summed E-state index contributed by atoms with van der Waals surface area (Å²) in [5, 5.41) is 14.8. The van der Waals surface area contributed by atoms with E-state index in [2.05, 4.69) is 5.10 Å². The van der Waals surface area contributed by atoms with Crippen LogP contribution in [0.3, 0.4) is 0 Å². The van der Waals surface area contributed by atoms with Crippen LogP contribution >= 0.6 is 0 Å². The summed E-state index contributed by atoms with van der Waals surface area (Å²) < 4.78 is 113. The first kappa shape index (κ1) is 24.5. The van der Waals surface area contributed by atoms with E-state index >= 15 is 0 Å². The van der Waals surface area contributed by atoms with Crippen LogP contribution in [0.15, 0.2) is 66.9 Å². The van der Waals surface area contributed by atoms with E-state index < -0.39 is 53.1 Å². The van der Waals surface area contributed by atoms with Crippen LogP contribution in [0.1, 0.15) is 11.1 Å². The van der Waals surface area contributed by atoms with E-state index in [0.29, 0.717) is 23.3 Å². The van der Waals surface area contributed by atoms with Crippen LogP contribution in [0.2, 0.25) is 0 Å². The molecule has 0 amide bonds. The van der Waals surface area contributed by atoms with Crippen molar-refractivity contribution >= 4 is 10.9 Å².